The van der Waals surface area contributed by atoms with Gasteiger partial charge >= 0.3 is 11.9 Å². The molecule has 1 heterocycles. The van der Waals surface area contributed by atoms with Crippen molar-refractivity contribution < 1.29 is 19.1 Å². The molecule has 8 heteroatoms. The van der Waals surface area contributed by atoms with Crippen molar-refractivity contribution in [1.82, 2.24) is 15.0 Å². The van der Waals surface area contributed by atoms with Crippen molar-refractivity contribution in [3.05, 3.63) is 88.4 Å². The minimum atomic E-state index is -0.463. The third kappa shape index (κ3) is 5.38. The second-order valence-electron chi connectivity index (χ2n) is 7.73. The van der Waals surface area contributed by atoms with Crippen molar-refractivity contribution in [2.24, 2.45) is 0 Å². The predicted octanol–water partition coefficient (Wildman–Crippen LogP) is 5.11. The Morgan fingerprint density at radius 2 is 1.70 bits per heavy atom. The van der Waals surface area contributed by atoms with E-state index in [1.807, 2.05) is 6.07 Å². The summed E-state index contributed by atoms with van der Waals surface area (Å²) >= 11 is 6.35. The standard InChI is InChI=1S/C25H22ClN3O4/c1-16(2)32-24(30)18-8-10-21(26)17(14-18)12-13-29-23-15-19(9-11-22(23)27-28-29)25(31)33-20-6-4-3-5-7-20/h3-11,14-16H,12-13H2,1-2H3. The van der Waals surface area contributed by atoms with Crippen molar-refractivity contribution >= 4 is 34.6 Å². The molecule has 4 aromatic rings. The molecule has 0 aliphatic rings. The van der Waals surface area contributed by atoms with E-state index in [0.717, 1.165) is 5.56 Å². The highest BCUT2D eigenvalue weighted by molar-refractivity contribution is 6.31. The molecule has 0 aliphatic heterocycles. The molecule has 33 heavy (non-hydrogen) atoms. The number of aryl methyl sites for hydroxylation is 2. The molecule has 0 bridgehead atoms. The number of benzene rings is 3. The molecule has 1 aromatic heterocycles. The summed E-state index contributed by atoms with van der Waals surface area (Å²) in [4.78, 5) is 24.8. The summed E-state index contributed by atoms with van der Waals surface area (Å²) in [6.07, 6.45) is 0.305. The summed E-state index contributed by atoms with van der Waals surface area (Å²) in [6, 6.07) is 19.0. The SMILES string of the molecule is CC(C)OC(=O)c1ccc(Cl)c(CCn2nnc3ccc(C(=O)Oc4ccccc4)cc32)c1. The average Bonchev–Trinajstić information content (AvgIpc) is 3.21. The van der Waals surface area contributed by atoms with Crippen LogP contribution in [-0.4, -0.2) is 33.0 Å². The zero-order valence-electron chi connectivity index (χ0n) is 18.2. The van der Waals surface area contributed by atoms with E-state index in [1.54, 1.807) is 79.2 Å². The lowest BCUT2D eigenvalue weighted by atomic mass is 10.1. The molecule has 0 radical (unpaired) electrons. The minimum Gasteiger partial charge on any atom is -0.459 e. The summed E-state index contributed by atoms with van der Waals surface area (Å²) < 4.78 is 12.4. The molecule has 0 atom stereocenters. The predicted molar refractivity (Wildman–Crippen MR) is 125 cm³/mol. The zero-order chi connectivity index (χ0) is 23.4. The van der Waals surface area contributed by atoms with Gasteiger partial charge in [0.1, 0.15) is 11.3 Å². The number of para-hydroxylation sites is 1. The summed E-state index contributed by atoms with van der Waals surface area (Å²) in [5, 5.41) is 8.92. The maximum absolute atomic E-state index is 12.6. The second-order valence-corrected chi connectivity index (χ2v) is 8.14. The van der Waals surface area contributed by atoms with E-state index >= 15 is 0 Å². The topological polar surface area (TPSA) is 83.3 Å². The Morgan fingerprint density at radius 1 is 0.970 bits per heavy atom. The Bertz CT molecular complexity index is 1300. The zero-order valence-corrected chi connectivity index (χ0v) is 19.0. The fourth-order valence-electron chi connectivity index (χ4n) is 3.31. The van der Waals surface area contributed by atoms with Crippen molar-refractivity contribution in [2.75, 3.05) is 0 Å². The van der Waals surface area contributed by atoms with Crippen LogP contribution in [-0.2, 0) is 17.7 Å². The molecule has 0 saturated heterocycles. The van der Waals surface area contributed by atoms with Crippen LogP contribution in [0.25, 0.3) is 11.0 Å². The number of ether oxygens (including phenoxy) is 2. The van der Waals surface area contributed by atoms with Crippen LogP contribution in [0.1, 0.15) is 40.1 Å². The monoisotopic (exact) mass is 463 g/mol. The third-order valence-corrected chi connectivity index (χ3v) is 5.29. The lowest BCUT2D eigenvalue weighted by molar-refractivity contribution is 0.0377. The van der Waals surface area contributed by atoms with Crippen LogP contribution in [0, 0.1) is 0 Å². The van der Waals surface area contributed by atoms with Gasteiger partial charge in [-0.25, -0.2) is 14.3 Å². The van der Waals surface area contributed by atoms with E-state index < -0.39 is 11.9 Å². The van der Waals surface area contributed by atoms with Gasteiger partial charge in [-0.1, -0.05) is 35.0 Å². The first-order valence-corrected chi connectivity index (χ1v) is 10.9. The van der Waals surface area contributed by atoms with Crippen LogP contribution in [0.3, 0.4) is 0 Å². The normalized spacial score (nSPS) is 11.0. The van der Waals surface area contributed by atoms with E-state index in [4.69, 9.17) is 21.1 Å². The molecule has 7 nitrogen and oxygen atoms in total. The Balaban J connectivity index is 1.52. The molecular formula is C25H22ClN3O4. The van der Waals surface area contributed by atoms with Gasteiger partial charge < -0.3 is 9.47 Å². The first kappa shape index (κ1) is 22.5. The smallest absolute Gasteiger partial charge is 0.343 e. The number of hydrogen-bond donors (Lipinski definition) is 0. The first-order chi connectivity index (χ1) is 15.9. The average molecular weight is 464 g/mol. The van der Waals surface area contributed by atoms with Crippen molar-refractivity contribution in [3.63, 3.8) is 0 Å². The second kappa shape index (κ2) is 9.83. The highest BCUT2D eigenvalue weighted by atomic mass is 35.5. The molecule has 0 N–H and O–H groups in total. The van der Waals surface area contributed by atoms with Gasteiger partial charge in [0, 0.05) is 11.6 Å². The molecule has 4 rings (SSSR count). The summed E-state index contributed by atoms with van der Waals surface area (Å²) in [7, 11) is 0. The van der Waals surface area contributed by atoms with Crippen LogP contribution >= 0.6 is 11.6 Å². The number of hydrogen-bond acceptors (Lipinski definition) is 6. The Labute approximate surface area is 195 Å². The van der Waals surface area contributed by atoms with Gasteiger partial charge in [0.25, 0.3) is 0 Å². The summed E-state index contributed by atoms with van der Waals surface area (Å²) in [6.45, 7) is 4.05. The fourth-order valence-corrected chi connectivity index (χ4v) is 3.53. The number of esters is 2. The number of rotatable bonds is 7. The molecule has 0 fully saturated rings. The molecular weight excluding hydrogens is 442 g/mol. The minimum absolute atomic E-state index is 0.207. The largest absolute Gasteiger partial charge is 0.459 e. The quantitative estimate of drug-likeness (QED) is 0.279. The number of carbonyl (C=O) groups excluding carboxylic acids is 2. The number of carbonyl (C=O) groups is 2. The van der Waals surface area contributed by atoms with Gasteiger partial charge in [-0.3, -0.25) is 0 Å². The maximum Gasteiger partial charge on any atom is 0.343 e. The van der Waals surface area contributed by atoms with Crippen LogP contribution < -0.4 is 4.74 Å². The van der Waals surface area contributed by atoms with Crippen molar-refractivity contribution in [3.8, 4) is 5.75 Å². The van der Waals surface area contributed by atoms with Crippen LogP contribution in [0.2, 0.25) is 5.02 Å². The number of nitrogens with zero attached hydrogens (tertiary/aromatic N) is 3. The number of halogens is 1. The van der Waals surface area contributed by atoms with Gasteiger partial charge in [-0.2, -0.15) is 0 Å². The van der Waals surface area contributed by atoms with Gasteiger partial charge in [-0.15, -0.1) is 5.10 Å². The lowest BCUT2D eigenvalue weighted by Crippen LogP contribution is -2.12. The molecule has 0 spiro atoms. The third-order valence-electron chi connectivity index (χ3n) is 4.92. The van der Waals surface area contributed by atoms with E-state index in [9.17, 15) is 9.59 Å². The summed E-state index contributed by atoms with van der Waals surface area (Å²) in [5.74, 6) is -0.384. The van der Waals surface area contributed by atoms with Crippen molar-refractivity contribution in [1.29, 1.82) is 0 Å². The number of aromatic nitrogens is 3. The molecule has 0 saturated carbocycles. The lowest BCUT2D eigenvalue weighted by Gasteiger charge is -2.10. The molecule has 0 amide bonds. The first-order valence-electron chi connectivity index (χ1n) is 10.5. The molecule has 0 unspecified atom stereocenters. The van der Waals surface area contributed by atoms with Gasteiger partial charge in [0.2, 0.25) is 0 Å². The van der Waals surface area contributed by atoms with Gasteiger partial charge in [0.15, 0.2) is 0 Å². The Hall–Kier alpha value is -3.71. The fraction of sp³-hybridized carbons (Fsp3) is 0.200. The highest BCUT2D eigenvalue weighted by Crippen LogP contribution is 2.21. The van der Waals surface area contributed by atoms with E-state index in [0.29, 0.717) is 45.9 Å². The Kier molecular flexibility index (Phi) is 6.70. The summed E-state index contributed by atoms with van der Waals surface area (Å²) in [5.41, 5.74) is 2.98. The molecule has 0 aliphatic carbocycles. The molecule has 168 valence electrons. The van der Waals surface area contributed by atoms with Crippen LogP contribution in [0.15, 0.2) is 66.7 Å². The number of fused-ring (bicyclic) bond motifs is 1. The van der Waals surface area contributed by atoms with Crippen LogP contribution in [0.4, 0.5) is 0 Å². The van der Waals surface area contributed by atoms with Gasteiger partial charge in [0.05, 0.1) is 22.7 Å². The van der Waals surface area contributed by atoms with E-state index in [-0.39, 0.29) is 6.10 Å². The Morgan fingerprint density at radius 3 is 2.45 bits per heavy atom. The van der Waals surface area contributed by atoms with E-state index in [2.05, 4.69) is 10.3 Å². The van der Waals surface area contributed by atoms with E-state index in [1.165, 1.54) is 0 Å². The highest BCUT2D eigenvalue weighted by Gasteiger charge is 2.15. The van der Waals surface area contributed by atoms with Gasteiger partial charge in [-0.05, 0) is 74.4 Å². The van der Waals surface area contributed by atoms with Crippen LogP contribution in [0.5, 0.6) is 5.75 Å². The maximum atomic E-state index is 12.6. The van der Waals surface area contributed by atoms with Crippen molar-refractivity contribution in [2.45, 2.75) is 32.9 Å². The molecule has 3 aromatic carbocycles.